The van der Waals surface area contributed by atoms with Gasteiger partial charge in [0.2, 0.25) is 0 Å². The SMILES string of the molecule is CC(N[C@@H](C)c1ccccn1)c1ccc(F)c(Cl)c1. The molecule has 19 heavy (non-hydrogen) atoms. The lowest BCUT2D eigenvalue weighted by Crippen LogP contribution is -2.23. The van der Waals surface area contributed by atoms with Gasteiger partial charge in [0.25, 0.3) is 0 Å². The summed E-state index contributed by atoms with van der Waals surface area (Å²) in [7, 11) is 0. The van der Waals surface area contributed by atoms with E-state index in [0.717, 1.165) is 11.3 Å². The molecule has 0 amide bonds. The Labute approximate surface area is 117 Å². The van der Waals surface area contributed by atoms with E-state index in [2.05, 4.69) is 10.3 Å². The molecule has 1 heterocycles. The quantitative estimate of drug-likeness (QED) is 0.903. The number of nitrogens with zero attached hydrogens (tertiary/aromatic N) is 1. The molecule has 2 atom stereocenters. The van der Waals surface area contributed by atoms with Crippen molar-refractivity contribution in [2.45, 2.75) is 25.9 Å². The van der Waals surface area contributed by atoms with Gasteiger partial charge >= 0.3 is 0 Å². The molecule has 1 N–H and O–H groups in total. The summed E-state index contributed by atoms with van der Waals surface area (Å²) in [6.07, 6.45) is 1.77. The molecule has 0 saturated carbocycles. The Kier molecular flexibility index (Phi) is 4.51. The predicted molar refractivity (Wildman–Crippen MR) is 75.6 cm³/mol. The molecule has 1 aromatic heterocycles. The molecule has 100 valence electrons. The molecule has 0 saturated heterocycles. The minimum Gasteiger partial charge on any atom is -0.302 e. The Morgan fingerprint density at radius 3 is 2.58 bits per heavy atom. The van der Waals surface area contributed by atoms with E-state index in [4.69, 9.17) is 11.6 Å². The van der Waals surface area contributed by atoms with Crippen LogP contribution >= 0.6 is 11.6 Å². The number of hydrogen-bond acceptors (Lipinski definition) is 2. The lowest BCUT2D eigenvalue weighted by atomic mass is 10.1. The summed E-state index contributed by atoms with van der Waals surface area (Å²) in [4.78, 5) is 4.31. The van der Waals surface area contributed by atoms with Crippen molar-refractivity contribution >= 4 is 11.6 Å². The van der Waals surface area contributed by atoms with Crippen molar-refractivity contribution in [3.05, 3.63) is 64.7 Å². The minimum atomic E-state index is -0.393. The van der Waals surface area contributed by atoms with Gasteiger partial charge in [0.15, 0.2) is 0 Å². The zero-order valence-electron chi connectivity index (χ0n) is 10.9. The molecule has 0 fully saturated rings. The third-order valence-corrected chi connectivity index (χ3v) is 3.36. The molecule has 0 aliphatic heterocycles. The van der Waals surface area contributed by atoms with E-state index < -0.39 is 5.82 Å². The Morgan fingerprint density at radius 1 is 1.16 bits per heavy atom. The summed E-state index contributed by atoms with van der Waals surface area (Å²) in [6.45, 7) is 4.06. The molecular weight excluding hydrogens is 263 g/mol. The van der Waals surface area contributed by atoms with Gasteiger partial charge in [-0.2, -0.15) is 0 Å². The largest absolute Gasteiger partial charge is 0.302 e. The van der Waals surface area contributed by atoms with Gasteiger partial charge in [-0.1, -0.05) is 23.7 Å². The van der Waals surface area contributed by atoms with Crippen molar-refractivity contribution in [3.8, 4) is 0 Å². The second kappa shape index (κ2) is 6.13. The van der Waals surface area contributed by atoms with E-state index in [1.165, 1.54) is 6.07 Å². The van der Waals surface area contributed by atoms with Gasteiger partial charge in [0.1, 0.15) is 5.82 Å². The van der Waals surface area contributed by atoms with Gasteiger partial charge in [-0.15, -0.1) is 0 Å². The minimum absolute atomic E-state index is 0.0649. The third kappa shape index (κ3) is 3.52. The van der Waals surface area contributed by atoms with Gasteiger partial charge in [-0.3, -0.25) is 4.98 Å². The van der Waals surface area contributed by atoms with Crippen molar-refractivity contribution in [3.63, 3.8) is 0 Å². The zero-order chi connectivity index (χ0) is 13.8. The number of pyridine rings is 1. The Morgan fingerprint density at radius 2 is 1.95 bits per heavy atom. The fourth-order valence-electron chi connectivity index (χ4n) is 1.97. The molecule has 2 aromatic rings. The van der Waals surface area contributed by atoms with Crippen LogP contribution in [-0.4, -0.2) is 4.98 Å². The molecule has 4 heteroatoms. The van der Waals surface area contributed by atoms with E-state index in [-0.39, 0.29) is 17.1 Å². The van der Waals surface area contributed by atoms with Crippen LogP contribution in [0, 0.1) is 5.82 Å². The molecule has 0 aliphatic rings. The monoisotopic (exact) mass is 278 g/mol. The van der Waals surface area contributed by atoms with Crippen LogP contribution in [0.5, 0.6) is 0 Å². The van der Waals surface area contributed by atoms with Crippen molar-refractivity contribution < 1.29 is 4.39 Å². The number of nitrogens with one attached hydrogen (secondary N) is 1. The number of rotatable bonds is 4. The van der Waals surface area contributed by atoms with Gasteiger partial charge in [-0.05, 0) is 43.7 Å². The smallest absolute Gasteiger partial charge is 0.141 e. The van der Waals surface area contributed by atoms with Crippen LogP contribution in [0.25, 0.3) is 0 Å². The lowest BCUT2D eigenvalue weighted by molar-refractivity contribution is 0.485. The molecule has 1 aromatic carbocycles. The second-order valence-electron chi connectivity index (χ2n) is 4.54. The average Bonchev–Trinajstić information content (AvgIpc) is 2.42. The Hall–Kier alpha value is -1.45. The van der Waals surface area contributed by atoms with Crippen LogP contribution in [-0.2, 0) is 0 Å². The highest BCUT2D eigenvalue weighted by atomic mass is 35.5. The summed E-state index contributed by atoms with van der Waals surface area (Å²) >= 11 is 5.80. The molecule has 0 bridgehead atoms. The average molecular weight is 279 g/mol. The molecule has 2 rings (SSSR count). The van der Waals surface area contributed by atoms with Crippen LogP contribution in [0.1, 0.15) is 37.2 Å². The van der Waals surface area contributed by atoms with E-state index in [9.17, 15) is 4.39 Å². The van der Waals surface area contributed by atoms with Crippen LogP contribution in [0.4, 0.5) is 4.39 Å². The summed E-state index contributed by atoms with van der Waals surface area (Å²) in [6, 6.07) is 10.8. The maximum Gasteiger partial charge on any atom is 0.141 e. The van der Waals surface area contributed by atoms with E-state index in [0.29, 0.717) is 0 Å². The maximum atomic E-state index is 13.1. The topological polar surface area (TPSA) is 24.9 Å². The molecular formula is C15H16ClFN2. The summed E-state index contributed by atoms with van der Waals surface area (Å²) in [5.41, 5.74) is 1.93. The van der Waals surface area contributed by atoms with Crippen LogP contribution in [0.2, 0.25) is 5.02 Å². The van der Waals surface area contributed by atoms with Gasteiger partial charge in [0, 0.05) is 18.3 Å². The van der Waals surface area contributed by atoms with E-state index in [1.807, 2.05) is 32.0 Å². The second-order valence-corrected chi connectivity index (χ2v) is 4.95. The van der Waals surface area contributed by atoms with Gasteiger partial charge < -0.3 is 5.32 Å². The summed E-state index contributed by atoms with van der Waals surface area (Å²) in [5, 5.41) is 3.57. The molecule has 0 aliphatic carbocycles. The van der Waals surface area contributed by atoms with E-state index in [1.54, 1.807) is 18.3 Å². The number of hydrogen-bond donors (Lipinski definition) is 1. The number of halogens is 2. The standard InChI is InChI=1S/C15H16ClFN2/c1-10(12-6-7-14(17)13(16)9-12)19-11(2)15-5-3-4-8-18-15/h3-11,19H,1-2H3/t10?,11-/m0/s1. The highest BCUT2D eigenvalue weighted by Crippen LogP contribution is 2.22. The van der Waals surface area contributed by atoms with Crippen LogP contribution < -0.4 is 5.32 Å². The lowest BCUT2D eigenvalue weighted by Gasteiger charge is -2.20. The highest BCUT2D eigenvalue weighted by Gasteiger charge is 2.13. The molecule has 0 radical (unpaired) electrons. The Bertz CT molecular complexity index is 545. The first-order valence-corrected chi connectivity index (χ1v) is 6.57. The van der Waals surface area contributed by atoms with Crippen molar-refractivity contribution in [2.24, 2.45) is 0 Å². The third-order valence-electron chi connectivity index (χ3n) is 3.08. The number of aromatic nitrogens is 1. The predicted octanol–water partition coefficient (Wildman–Crippen LogP) is 4.29. The Balaban J connectivity index is 2.08. The first-order chi connectivity index (χ1) is 9.08. The van der Waals surface area contributed by atoms with Crippen molar-refractivity contribution in [2.75, 3.05) is 0 Å². The van der Waals surface area contributed by atoms with Crippen molar-refractivity contribution in [1.29, 1.82) is 0 Å². The first-order valence-electron chi connectivity index (χ1n) is 6.20. The number of benzene rings is 1. The van der Waals surface area contributed by atoms with Crippen LogP contribution in [0.15, 0.2) is 42.6 Å². The van der Waals surface area contributed by atoms with Crippen molar-refractivity contribution in [1.82, 2.24) is 10.3 Å². The zero-order valence-corrected chi connectivity index (χ0v) is 11.7. The fourth-order valence-corrected chi connectivity index (χ4v) is 2.16. The van der Waals surface area contributed by atoms with Gasteiger partial charge in [-0.25, -0.2) is 4.39 Å². The fraction of sp³-hybridized carbons (Fsp3) is 0.267. The van der Waals surface area contributed by atoms with Gasteiger partial charge in [0.05, 0.1) is 10.7 Å². The molecule has 1 unspecified atom stereocenters. The summed E-state index contributed by atoms with van der Waals surface area (Å²) in [5.74, 6) is -0.393. The highest BCUT2D eigenvalue weighted by molar-refractivity contribution is 6.30. The first kappa shape index (κ1) is 14.0. The van der Waals surface area contributed by atoms with Crippen LogP contribution in [0.3, 0.4) is 0 Å². The molecule has 2 nitrogen and oxygen atoms in total. The molecule has 0 spiro atoms. The summed E-state index contributed by atoms with van der Waals surface area (Å²) < 4.78 is 13.1. The van der Waals surface area contributed by atoms with E-state index >= 15 is 0 Å². The normalized spacial score (nSPS) is 14.1. The maximum absolute atomic E-state index is 13.1.